The number of carbonyl (C=O) groups is 1. The van der Waals surface area contributed by atoms with Gasteiger partial charge in [-0.3, -0.25) is 9.59 Å². The SMILES string of the molecule is O=C(O)Cc1ccccc1Cn1cccc(Br)c1=O. The second kappa shape index (κ2) is 5.84. The number of benzene rings is 1. The van der Waals surface area contributed by atoms with Gasteiger partial charge < -0.3 is 9.67 Å². The molecule has 0 saturated carbocycles. The summed E-state index contributed by atoms with van der Waals surface area (Å²) in [5.41, 5.74) is 1.43. The highest BCUT2D eigenvalue weighted by Gasteiger charge is 2.08. The van der Waals surface area contributed by atoms with Gasteiger partial charge in [0.1, 0.15) is 0 Å². The van der Waals surface area contributed by atoms with E-state index in [4.69, 9.17) is 5.11 Å². The van der Waals surface area contributed by atoms with E-state index in [9.17, 15) is 9.59 Å². The van der Waals surface area contributed by atoms with Crippen LogP contribution in [0.1, 0.15) is 11.1 Å². The summed E-state index contributed by atoms with van der Waals surface area (Å²) in [5, 5.41) is 8.88. The maximum atomic E-state index is 11.9. The second-order valence-electron chi connectivity index (χ2n) is 4.13. The minimum Gasteiger partial charge on any atom is -0.481 e. The van der Waals surface area contributed by atoms with Crippen molar-refractivity contribution in [2.45, 2.75) is 13.0 Å². The Morgan fingerprint density at radius 2 is 1.84 bits per heavy atom. The molecule has 0 aliphatic carbocycles. The van der Waals surface area contributed by atoms with Crippen molar-refractivity contribution in [2.75, 3.05) is 0 Å². The van der Waals surface area contributed by atoms with Gasteiger partial charge in [0.05, 0.1) is 17.4 Å². The highest BCUT2D eigenvalue weighted by Crippen LogP contribution is 2.11. The fourth-order valence-corrected chi connectivity index (χ4v) is 2.24. The molecule has 1 aromatic carbocycles. The molecule has 1 heterocycles. The number of carboxylic acids is 1. The fourth-order valence-electron chi connectivity index (χ4n) is 1.86. The minimum atomic E-state index is -0.881. The molecule has 0 saturated heterocycles. The van der Waals surface area contributed by atoms with Crippen LogP contribution in [0.5, 0.6) is 0 Å². The Labute approximate surface area is 118 Å². The summed E-state index contributed by atoms with van der Waals surface area (Å²) >= 11 is 3.19. The molecule has 0 aliphatic rings. The van der Waals surface area contributed by atoms with Crippen molar-refractivity contribution in [2.24, 2.45) is 0 Å². The first-order chi connectivity index (χ1) is 9.08. The van der Waals surface area contributed by atoms with E-state index in [1.165, 1.54) is 0 Å². The smallest absolute Gasteiger partial charge is 0.307 e. The van der Waals surface area contributed by atoms with Crippen LogP contribution in [-0.4, -0.2) is 15.6 Å². The quantitative estimate of drug-likeness (QED) is 0.939. The lowest BCUT2D eigenvalue weighted by molar-refractivity contribution is -0.136. The molecule has 98 valence electrons. The van der Waals surface area contributed by atoms with Gasteiger partial charge in [-0.15, -0.1) is 0 Å². The number of nitrogens with zero attached hydrogens (tertiary/aromatic N) is 1. The number of rotatable bonds is 4. The molecule has 0 unspecified atom stereocenters. The standard InChI is InChI=1S/C14H12BrNO3/c15-12-6-3-7-16(14(12)19)9-11-5-2-1-4-10(11)8-13(17)18/h1-7H,8-9H2,(H,17,18). The van der Waals surface area contributed by atoms with Crippen molar-refractivity contribution in [1.82, 2.24) is 4.57 Å². The maximum absolute atomic E-state index is 11.9. The predicted molar refractivity (Wildman–Crippen MR) is 75.3 cm³/mol. The molecule has 0 amide bonds. The Balaban J connectivity index is 2.36. The zero-order valence-corrected chi connectivity index (χ0v) is 11.6. The summed E-state index contributed by atoms with van der Waals surface area (Å²) in [6.45, 7) is 0.363. The molecule has 19 heavy (non-hydrogen) atoms. The molecule has 1 N–H and O–H groups in total. The summed E-state index contributed by atoms with van der Waals surface area (Å²) in [6, 6.07) is 10.7. The molecule has 4 nitrogen and oxygen atoms in total. The number of carboxylic acid groups (broad SMARTS) is 1. The summed E-state index contributed by atoms with van der Waals surface area (Å²) in [5.74, 6) is -0.881. The number of aliphatic carboxylic acids is 1. The Morgan fingerprint density at radius 1 is 1.16 bits per heavy atom. The number of aromatic nitrogens is 1. The van der Waals surface area contributed by atoms with E-state index in [0.717, 1.165) is 11.1 Å². The molecular formula is C14H12BrNO3. The van der Waals surface area contributed by atoms with E-state index in [0.29, 0.717) is 11.0 Å². The van der Waals surface area contributed by atoms with Crippen LogP contribution in [0.4, 0.5) is 0 Å². The van der Waals surface area contributed by atoms with E-state index in [2.05, 4.69) is 15.9 Å². The minimum absolute atomic E-state index is 0.0427. The zero-order valence-electron chi connectivity index (χ0n) is 10.0. The predicted octanol–water partition coefficient (Wildman–Crippen LogP) is 2.29. The van der Waals surface area contributed by atoms with Gasteiger partial charge in [-0.05, 0) is 39.2 Å². The van der Waals surface area contributed by atoms with Gasteiger partial charge in [0.2, 0.25) is 0 Å². The molecule has 0 bridgehead atoms. The van der Waals surface area contributed by atoms with Gasteiger partial charge in [-0.2, -0.15) is 0 Å². The topological polar surface area (TPSA) is 59.3 Å². The van der Waals surface area contributed by atoms with Crippen molar-refractivity contribution >= 4 is 21.9 Å². The van der Waals surface area contributed by atoms with E-state index < -0.39 is 5.97 Å². The van der Waals surface area contributed by atoms with Crippen molar-refractivity contribution in [1.29, 1.82) is 0 Å². The Kier molecular flexibility index (Phi) is 4.16. The molecule has 5 heteroatoms. The van der Waals surface area contributed by atoms with Crippen LogP contribution in [0.15, 0.2) is 51.9 Å². The lowest BCUT2D eigenvalue weighted by atomic mass is 10.0. The summed E-state index contributed by atoms with van der Waals surface area (Å²) in [6.07, 6.45) is 1.64. The van der Waals surface area contributed by atoms with Crippen LogP contribution in [0, 0.1) is 0 Å². The zero-order chi connectivity index (χ0) is 13.8. The van der Waals surface area contributed by atoms with Crippen LogP contribution < -0.4 is 5.56 Å². The third-order valence-corrected chi connectivity index (χ3v) is 3.38. The Bertz CT molecular complexity index is 664. The first-order valence-corrected chi connectivity index (χ1v) is 6.51. The van der Waals surface area contributed by atoms with E-state index in [-0.39, 0.29) is 12.0 Å². The summed E-state index contributed by atoms with van der Waals surface area (Å²) in [7, 11) is 0. The molecule has 2 rings (SSSR count). The Morgan fingerprint density at radius 3 is 2.53 bits per heavy atom. The largest absolute Gasteiger partial charge is 0.481 e. The number of pyridine rings is 1. The van der Waals surface area contributed by atoms with Crippen LogP contribution in [0.25, 0.3) is 0 Å². The number of halogens is 1. The van der Waals surface area contributed by atoms with E-state index >= 15 is 0 Å². The molecule has 0 fully saturated rings. The van der Waals surface area contributed by atoms with Crippen molar-refractivity contribution < 1.29 is 9.90 Å². The normalized spacial score (nSPS) is 10.4. The third-order valence-electron chi connectivity index (χ3n) is 2.77. The lowest BCUT2D eigenvalue weighted by Gasteiger charge is -2.10. The van der Waals surface area contributed by atoms with Crippen LogP contribution in [0.2, 0.25) is 0 Å². The molecular weight excluding hydrogens is 310 g/mol. The highest BCUT2D eigenvalue weighted by atomic mass is 79.9. The average Bonchev–Trinajstić information content (AvgIpc) is 2.36. The lowest BCUT2D eigenvalue weighted by Crippen LogP contribution is -2.21. The van der Waals surface area contributed by atoms with Crippen molar-refractivity contribution in [3.63, 3.8) is 0 Å². The summed E-state index contributed by atoms with van der Waals surface area (Å²) < 4.78 is 2.04. The van der Waals surface area contributed by atoms with Gasteiger partial charge >= 0.3 is 5.97 Å². The van der Waals surface area contributed by atoms with Crippen LogP contribution >= 0.6 is 15.9 Å². The first kappa shape index (κ1) is 13.5. The van der Waals surface area contributed by atoms with Gasteiger partial charge in [0.15, 0.2) is 0 Å². The van der Waals surface area contributed by atoms with Crippen molar-refractivity contribution in [3.05, 3.63) is 68.5 Å². The number of hydrogen-bond acceptors (Lipinski definition) is 2. The van der Waals surface area contributed by atoms with Crippen LogP contribution in [-0.2, 0) is 17.8 Å². The van der Waals surface area contributed by atoms with Gasteiger partial charge in [-0.25, -0.2) is 0 Å². The first-order valence-electron chi connectivity index (χ1n) is 5.71. The van der Waals surface area contributed by atoms with Crippen molar-refractivity contribution in [3.8, 4) is 0 Å². The van der Waals surface area contributed by atoms with E-state index in [1.807, 2.05) is 12.1 Å². The molecule has 0 radical (unpaired) electrons. The second-order valence-corrected chi connectivity index (χ2v) is 4.98. The third kappa shape index (κ3) is 3.32. The molecule has 2 aromatic rings. The van der Waals surface area contributed by atoms with E-state index in [1.54, 1.807) is 35.0 Å². The van der Waals surface area contributed by atoms with Gasteiger partial charge in [-0.1, -0.05) is 24.3 Å². The molecule has 0 atom stereocenters. The van der Waals surface area contributed by atoms with Gasteiger partial charge in [0.25, 0.3) is 5.56 Å². The maximum Gasteiger partial charge on any atom is 0.307 e. The monoisotopic (exact) mass is 321 g/mol. The highest BCUT2D eigenvalue weighted by molar-refractivity contribution is 9.10. The molecule has 0 aliphatic heterocycles. The Hall–Kier alpha value is -1.88. The van der Waals surface area contributed by atoms with Crippen LogP contribution in [0.3, 0.4) is 0 Å². The fraction of sp³-hybridized carbons (Fsp3) is 0.143. The number of hydrogen-bond donors (Lipinski definition) is 1. The molecule has 1 aromatic heterocycles. The molecule has 0 spiro atoms. The summed E-state index contributed by atoms with van der Waals surface area (Å²) in [4.78, 5) is 22.7. The average molecular weight is 322 g/mol. The van der Waals surface area contributed by atoms with Gasteiger partial charge in [0, 0.05) is 6.20 Å².